The second-order valence-electron chi connectivity index (χ2n) is 7.00. The van der Waals surface area contributed by atoms with Gasteiger partial charge in [-0.3, -0.25) is 4.98 Å². The van der Waals surface area contributed by atoms with Crippen molar-refractivity contribution >= 4 is 18.1 Å². The zero-order valence-electron chi connectivity index (χ0n) is 14.8. The third-order valence-corrected chi connectivity index (χ3v) is 3.86. The van der Waals surface area contributed by atoms with E-state index < -0.39 is 0 Å². The van der Waals surface area contributed by atoms with Crippen LogP contribution in [-0.2, 0) is 5.41 Å². The molecular formula is C19H23ClN4O. The lowest BCUT2D eigenvalue weighted by Gasteiger charge is -2.14. The number of aromatic amines is 1. The van der Waals surface area contributed by atoms with E-state index in [1.165, 1.54) is 0 Å². The van der Waals surface area contributed by atoms with Crippen LogP contribution in [-0.4, -0.2) is 20.1 Å². The SMILES string of the molecule is Cc1cccc(-c2[nH]c(C(C)(C)C)nc2-c2ccc(N)c(O)c2)n1.Cl. The Kier molecular flexibility index (Phi) is 5.09. The molecule has 0 saturated carbocycles. The lowest BCUT2D eigenvalue weighted by atomic mass is 9.96. The van der Waals surface area contributed by atoms with E-state index in [1.807, 2.05) is 31.2 Å². The first-order chi connectivity index (χ1) is 11.3. The first kappa shape index (κ1) is 18.8. The highest BCUT2D eigenvalue weighted by Crippen LogP contribution is 2.35. The van der Waals surface area contributed by atoms with Gasteiger partial charge < -0.3 is 15.8 Å². The van der Waals surface area contributed by atoms with Crippen molar-refractivity contribution in [1.29, 1.82) is 0 Å². The summed E-state index contributed by atoms with van der Waals surface area (Å²) >= 11 is 0. The number of phenols is 1. The minimum atomic E-state index is -0.132. The van der Waals surface area contributed by atoms with Gasteiger partial charge in [-0.05, 0) is 31.2 Å². The van der Waals surface area contributed by atoms with Crippen molar-refractivity contribution in [3.8, 4) is 28.4 Å². The molecule has 0 unspecified atom stereocenters. The Morgan fingerprint density at radius 2 is 1.80 bits per heavy atom. The summed E-state index contributed by atoms with van der Waals surface area (Å²) in [6, 6.07) is 11.1. The molecule has 0 bridgehead atoms. The molecule has 0 spiro atoms. The Bertz CT molecular complexity index is 897. The monoisotopic (exact) mass is 358 g/mol. The van der Waals surface area contributed by atoms with E-state index in [0.717, 1.165) is 34.2 Å². The molecule has 0 saturated heterocycles. The number of hydrogen-bond donors (Lipinski definition) is 3. The van der Waals surface area contributed by atoms with E-state index in [9.17, 15) is 5.11 Å². The van der Waals surface area contributed by atoms with Crippen molar-refractivity contribution in [2.45, 2.75) is 33.1 Å². The zero-order chi connectivity index (χ0) is 17.5. The van der Waals surface area contributed by atoms with Crippen LogP contribution in [0.4, 0.5) is 5.69 Å². The average molecular weight is 359 g/mol. The molecule has 3 rings (SSSR count). The highest BCUT2D eigenvalue weighted by molar-refractivity contribution is 5.85. The van der Waals surface area contributed by atoms with Crippen LogP contribution in [0.15, 0.2) is 36.4 Å². The number of phenolic OH excluding ortho intramolecular Hbond substituents is 1. The Morgan fingerprint density at radius 1 is 1.08 bits per heavy atom. The molecule has 0 atom stereocenters. The largest absolute Gasteiger partial charge is 0.506 e. The summed E-state index contributed by atoms with van der Waals surface area (Å²) in [4.78, 5) is 12.8. The maximum Gasteiger partial charge on any atom is 0.139 e. The van der Waals surface area contributed by atoms with Crippen LogP contribution < -0.4 is 5.73 Å². The van der Waals surface area contributed by atoms with E-state index in [-0.39, 0.29) is 23.6 Å². The third kappa shape index (κ3) is 3.77. The van der Waals surface area contributed by atoms with E-state index >= 15 is 0 Å². The van der Waals surface area contributed by atoms with Crippen LogP contribution in [0.2, 0.25) is 0 Å². The second-order valence-corrected chi connectivity index (χ2v) is 7.00. The minimum absolute atomic E-state index is 0. The third-order valence-electron chi connectivity index (χ3n) is 3.86. The molecule has 0 amide bonds. The summed E-state index contributed by atoms with van der Waals surface area (Å²) in [5.41, 5.74) is 10.1. The molecule has 6 heteroatoms. The summed E-state index contributed by atoms with van der Waals surface area (Å²) in [7, 11) is 0. The molecule has 0 aliphatic rings. The van der Waals surface area contributed by atoms with Gasteiger partial charge in [0.1, 0.15) is 11.6 Å². The number of aromatic hydroxyl groups is 1. The maximum atomic E-state index is 9.96. The quantitative estimate of drug-likeness (QED) is 0.466. The van der Waals surface area contributed by atoms with E-state index in [0.29, 0.717) is 5.69 Å². The van der Waals surface area contributed by atoms with E-state index in [4.69, 9.17) is 10.7 Å². The number of rotatable bonds is 2. The van der Waals surface area contributed by atoms with Gasteiger partial charge in [0.2, 0.25) is 0 Å². The number of aromatic nitrogens is 3. The van der Waals surface area contributed by atoms with Crippen molar-refractivity contribution in [3.05, 3.63) is 47.9 Å². The Hall–Kier alpha value is -2.53. The maximum absolute atomic E-state index is 9.96. The lowest BCUT2D eigenvalue weighted by Crippen LogP contribution is -2.13. The Morgan fingerprint density at radius 3 is 2.40 bits per heavy atom. The van der Waals surface area contributed by atoms with Gasteiger partial charge in [0, 0.05) is 16.7 Å². The van der Waals surface area contributed by atoms with Crippen LogP contribution in [0.25, 0.3) is 22.6 Å². The number of benzene rings is 1. The zero-order valence-corrected chi connectivity index (χ0v) is 15.6. The molecule has 2 aromatic heterocycles. The fourth-order valence-electron chi connectivity index (χ4n) is 2.50. The number of nitrogens with one attached hydrogen (secondary N) is 1. The molecule has 3 aromatic rings. The molecule has 0 aliphatic heterocycles. The average Bonchev–Trinajstić information content (AvgIpc) is 2.95. The predicted octanol–water partition coefficient (Wildman–Crippen LogP) is 4.45. The normalized spacial score (nSPS) is 11.2. The Labute approximate surface area is 153 Å². The van der Waals surface area contributed by atoms with Crippen molar-refractivity contribution in [2.24, 2.45) is 0 Å². The van der Waals surface area contributed by atoms with Gasteiger partial charge in [0.05, 0.1) is 22.8 Å². The molecular weight excluding hydrogens is 336 g/mol. The summed E-state index contributed by atoms with van der Waals surface area (Å²) in [5.74, 6) is 0.920. The van der Waals surface area contributed by atoms with Gasteiger partial charge in [-0.2, -0.15) is 0 Å². The lowest BCUT2D eigenvalue weighted by molar-refractivity contribution is 0.478. The van der Waals surface area contributed by atoms with Gasteiger partial charge in [-0.1, -0.05) is 32.9 Å². The smallest absolute Gasteiger partial charge is 0.139 e. The molecule has 0 radical (unpaired) electrons. The molecule has 25 heavy (non-hydrogen) atoms. The highest BCUT2D eigenvalue weighted by Gasteiger charge is 2.23. The van der Waals surface area contributed by atoms with Crippen molar-refractivity contribution < 1.29 is 5.11 Å². The molecule has 1 aromatic carbocycles. The van der Waals surface area contributed by atoms with Crippen LogP contribution in [0, 0.1) is 6.92 Å². The van der Waals surface area contributed by atoms with Gasteiger partial charge in [0.25, 0.3) is 0 Å². The van der Waals surface area contributed by atoms with Crippen LogP contribution in [0.5, 0.6) is 5.75 Å². The fraction of sp³-hybridized carbons (Fsp3) is 0.263. The summed E-state index contributed by atoms with van der Waals surface area (Å²) in [6.45, 7) is 8.26. The van der Waals surface area contributed by atoms with E-state index in [2.05, 4.69) is 30.7 Å². The number of halogens is 1. The first-order valence-electron chi connectivity index (χ1n) is 7.89. The van der Waals surface area contributed by atoms with Gasteiger partial charge in [-0.25, -0.2) is 4.98 Å². The topological polar surface area (TPSA) is 87.8 Å². The summed E-state index contributed by atoms with van der Waals surface area (Å²) < 4.78 is 0. The second kappa shape index (κ2) is 6.76. The van der Waals surface area contributed by atoms with Crippen LogP contribution in [0.3, 0.4) is 0 Å². The molecule has 5 nitrogen and oxygen atoms in total. The van der Waals surface area contributed by atoms with Gasteiger partial charge in [-0.15, -0.1) is 12.4 Å². The van der Waals surface area contributed by atoms with E-state index in [1.54, 1.807) is 12.1 Å². The van der Waals surface area contributed by atoms with Crippen LogP contribution >= 0.6 is 12.4 Å². The minimum Gasteiger partial charge on any atom is -0.506 e. The van der Waals surface area contributed by atoms with Crippen molar-refractivity contribution in [1.82, 2.24) is 15.0 Å². The number of nitrogens with zero attached hydrogens (tertiary/aromatic N) is 2. The molecule has 132 valence electrons. The highest BCUT2D eigenvalue weighted by atomic mass is 35.5. The molecule has 0 aliphatic carbocycles. The Balaban J connectivity index is 0.00000225. The molecule has 4 N–H and O–H groups in total. The number of aryl methyl sites for hydroxylation is 1. The van der Waals surface area contributed by atoms with Crippen molar-refractivity contribution in [3.63, 3.8) is 0 Å². The number of H-pyrrole nitrogens is 1. The van der Waals surface area contributed by atoms with Gasteiger partial charge in [0.15, 0.2) is 0 Å². The fourth-order valence-corrected chi connectivity index (χ4v) is 2.50. The number of pyridine rings is 1. The number of hydrogen-bond acceptors (Lipinski definition) is 4. The number of nitrogen functional groups attached to an aromatic ring is 1. The molecule has 2 heterocycles. The number of anilines is 1. The molecule has 0 fully saturated rings. The first-order valence-corrected chi connectivity index (χ1v) is 7.89. The van der Waals surface area contributed by atoms with Gasteiger partial charge >= 0.3 is 0 Å². The van der Waals surface area contributed by atoms with Crippen molar-refractivity contribution in [2.75, 3.05) is 5.73 Å². The number of nitrogens with two attached hydrogens (primary N) is 1. The number of imidazole rings is 1. The van der Waals surface area contributed by atoms with Crippen LogP contribution in [0.1, 0.15) is 32.3 Å². The standard InChI is InChI=1S/C19H22N4O.ClH/c1-11-6-5-7-14(21-11)17-16(22-18(23-17)19(2,3)4)12-8-9-13(20)15(24)10-12;/h5-10,24H,20H2,1-4H3,(H,22,23);1H. The predicted molar refractivity (Wildman–Crippen MR) is 104 cm³/mol. The summed E-state index contributed by atoms with van der Waals surface area (Å²) in [5, 5.41) is 9.96. The summed E-state index contributed by atoms with van der Waals surface area (Å²) in [6.07, 6.45) is 0.